The highest BCUT2D eigenvalue weighted by Crippen LogP contribution is 2.19. The van der Waals surface area contributed by atoms with E-state index in [-0.39, 0.29) is 24.9 Å². The van der Waals surface area contributed by atoms with Crippen molar-refractivity contribution in [2.24, 2.45) is 0 Å². The summed E-state index contributed by atoms with van der Waals surface area (Å²) in [5.74, 6) is -0.482. The van der Waals surface area contributed by atoms with Crippen molar-refractivity contribution in [2.75, 3.05) is 6.61 Å². The summed E-state index contributed by atoms with van der Waals surface area (Å²) in [5, 5.41) is 23.9. The first-order valence-electron chi connectivity index (χ1n) is 29.2. The smallest absolute Gasteiger partial charge is 0.306 e. The minimum absolute atomic E-state index is 0.0732. The van der Waals surface area contributed by atoms with E-state index in [0.717, 1.165) is 70.6 Å². The van der Waals surface area contributed by atoms with Gasteiger partial charge in [-0.3, -0.25) is 9.59 Å². The van der Waals surface area contributed by atoms with Crippen LogP contribution in [0.2, 0.25) is 0 Å². The number of esters is 1. The van der Waals surface area contributed by atoms with E-state index in [4.69, 9.17) is 4.74 Å². The molecular formula is C60H113NO5. The number of carbonyl (C=O) groups excluding carboxylic acids is 2. The summed E-state index contributed by atoms with van der Waals surface area (Å²) in [5.41, 5.74) is 0. The number of aliphatic hydroxyl groups is 2. The number of hydrogen-bond acceptors (Lipinski definition) is 5. The predicted molar refractivity (Wildman–Crippen MR) is 287 cm³/mol. The number of ether oxygens (including phenoxy) is 1. The number of allylic oxidation sites excluding steroid dienone is 6. The fourth-order valence-corrected chi connectivity index (χ4v) is 9.03. The van der Waals surface area contributed by atoms with Crippen LogP contribution in [0.4, 0.5) is 0 Å². The summed E-state index contributed by atoms with van der Waals surface area (Å²) in [7, 11) is 0. The van der Waals surface area contributed by atoms with Crippen LogP contribution < -0.4 is 5.32 Å². The Morgan fingerprint density at radius 2 is 0.773 bits per heavy atom. The largest absolute Gasteiger partial charge is 0.462 e. The maximum atomic E-state index is 13.3. The van der Waals surface area contributed by atoms with E-state index in [1.165, 1.54) is 193 Å². The van der Waals surface area contributed by atoms with Crippen molar-refractivity contribution in [3.63, 3.8) is 0 Å². The molecule has 0 aliphatic rings. The summed E-state index contributed by atoms with van der Waals surface area (Å²) in [6.07, 6.45) is 64.9. The Bertz CT molecular complexity index is 1090. The van der Waals surface area contributed by atoms with E-state index in [1.54, 1.807) is 0 Å². The van der Waals surface area contributed by atoms with Crippen molar-refractivity contribution in [3.05, 3.63) is 36.5 Å². The molecule has 0 radical (unpaired) electrons. The van der Waals surface area contributed by atoms with Gasteiger partial charge in [-0.1, -0.05) is 269 Å². The Labute approximate surface area is 411 Å². The molecule has 0 rings (SSSR count). The monoisotopic (exact) mass is 928 g/mol. The molecule has 3 N–H and O–H groups in total. The standard InChI is InChI=1S/C60H113NO5/c1-4-7-10-13-16-19-22-25-28-30-32-35-38-41-44-47-50-53-60(65)66-56(51-48-45-42-39-36-33-31-29-26-23-20-17-14-11-8-5-2)54-59(64)61-57(55-62)58(63)52-49-46-43-40-37-34-27-24-21-18-15-12-9-6-3/h16,19,25,28,32,35,56-58,62-63H,4-15,17-18,20-24,26-27,29-31,33-34,36-55H2,1-3H3,(H,61,64)/b19-16-,28-25-,35-32-. The quantitative estimate of drug-likeness (QED) is 0.0321. The Hall–Kier alpha value is -1.92. The van der Waals surface area contributed by atoms with Gasteiger partial charge in [-0.2, -0.15) is 0 Å². The van der Waals surface area contributed by atoms with Gasteiger partial charge >= 0.3 is 5.97 Å². The molecule has 0 bridgehead atoms. The van der Waals surface area contributed by atoms with Crippen molar-refractivity contribution >= 4 is 11.9 Å². The molecule has 3 atom stereocenters. The van der Waals surface area contributed by atoms with Crippen LogP contribution in [0.1, 0.15) is 310 Å². The number of rotatable bonds is 53. The van der Waals surface area contributed by atoms with E-state index in [1.807, 2.05) is 0 Å². The number of amides is 1. The average Bonchev–Trinajstić information content (AvgIpc) is 3.31. The van der Waals surface area contributed by atoms with Gasteiger partial charge in [0.05, 0.1) is 25.2 Å². The van der Waals surface area contributed by atoms with E-state index < -0.39 is 18.2 Å². The summed E-state index contributed by atoms with van der Waals surface area (Å²) < 4.78 is 5.96. The zero-order valence-corrected chi connectivity index (χ0v) is 44.3. The van der Waals surface area contributed by atoms with Crippen molar-refractivity contribution in [2.45, 2.75) is 328 Å². The number of carbonyl (C=O) groups is 2. The molecule has 0 aliphatic carbocycles. The van der Waals surface area contributed by atoms with Gasteiger partial charge in [-0.05, 0) is 64.2 Å². The molecule has 0 aliphatic heterocycles. The van der Waals surface area contributed by atoms with Crippen molar-refractivity contribution < 1.29 is 24.5 Å². The molecule has 0 spiro atoms. The number of aliphatic hydroxyl groups excluding tert-OH is 2. The zero-order chi connectivity index (χ0) is 48.1. The lowest BCUT2D eigenvalue weighted by atomic mass is 10.0. The van der Waals surface area contributed by atoms with Crippen LogP contribution in [0.5, 0.6) is 0 Å². The molecule has 6 heteroatoms. The van der Waals surface area contributed by atoms with Gasteiger partial charge in [0, 0.05) is 6.42 Å². The van der Waals surface area contributed by atoms with Crippen molar-refractivity contribution in [3.8, 4) is 0 Å². The molecule has 66 heavy (non-hydrogen) atoms. The topological polar surface area (TPSA) is 95.9 Å². The van der Waals surface area contributed by atoms with Gasteiger partial charge in [0.2, 0.25) is 5.91 Å². The average molecular weight is 929 g/mol. The third-order valence-electron chi connectivity index (χ3n) is 13.5. The SMILES string of the molecule is CCCCC/C=C\C/C=C\C/C=C\CCCCCCC(=O)OC(CCCCCCCCCCCCCCCCCC)CC(=O)NC(CO)C(O)CCCCCCCCCCCCCCCC. The molecule has 0 aromatic carbocycles. The lowest BCUT2D eigenvalue weighted by Gasteiger charge is -2.24. The third-order valence-corrected chi connectivity index (χ3v) is 13.5. The molecule has 0 fully saturated rings. The van der Waals surface area contributed by atoms with Crippen molar-refractivity contribution in [1.29, 1.82) is 0 Å². The van der Waals surface area contributed by atoms with Gasteiger partial charge < -0.3 is 20.3 Å². The molecule has 6 nitrogen and oxygen atoms in total. The van der Waals surface area contributed by atoms with E-state index >= 15 is 0 Å². The molecule has 0 aromatic heterocycles. The second kappa shape index (κ2) is 54.0. The van der Waals surface area contributed by atoms with Gasteiger partial charge in [-0.25, -0.2) is 0 Å². The van der Waals surface area contributed by atoms with E-state index in [0.29, 0.717) is 19.3 Å². The van der Waals surface area contributed by atoms with Gasteiger partial charge in [0.1, 0.15) is 6.10 Å². The van der Waals surface area contributed by atoms with E-state index in [2.05, 4.69) is 62.5 Å². The summed E-state index contributed by atoms with van der Waals surface area (Å²) in [6, 6.07) is -0.704. The molecule has 0 saturated carbocycles. The summed E-state index contributed by atoms with van der Waals surface area (Å²) in [6.45, 7) is 6.49. The first-order valence-corrected chi connectivity index (χ1v) is 29.2. The molecular weight excluding hydrogens is 815 g/mol. The maximum absolute atomic E-state index is 13.3. The summed E-state index contributed by atoms with van der Waals surface area (Å²) >= 11 is 0. The van der Waals surface area contributed by atoms with Crippen LogP contribution >= 0.6 is 0 Å². The fraction of sp³-hybridized carbons (Fsp3) is 0.867. The molecule has 1 amide bonds. The molecule has 0 heterocycles. The van der Waals surface area contributed by atoms with Gasteiger partial charge in [-0.15, -0.1) is 0 Å². The third kappa shape index (κ3) is 48.5. The lowest BCUT2D eigenvalue weighted by Crippen LogP contribution is -2.46. The number of unbranched alkanes of at least 4 members (excludes halogenated alkanes) is 35. The Balaban J connectivity index is 4.57. The Morgan fingerprint density at radius 3 is 1.20 bits per heavy atom. The second-order valence-electron chi connectivity index (χ2n) is 20.1. The molecule has 0 aromatic rings. The van der Waals surface area contributed by atoms with Gasteiger partial charge in [0.15, 0.2) is 0 Å². The first kappa shape index (κ1) is 64.1. The van der Waals surface area contributed by atoms with Gasteiger partial charge in [0.25, 0.3) is 0 Å². The van der Waals surface area contributed by atoms with Crippen molar-refractivity contribution in [1.82, 2.24) is 5.32 Å². The van der Waals surface area contributed by atoms with Crippen LogP contribution in [0.25, 0.3) is 0 Å². The molecule has 3 unspecified atom stereocenters. The highest BCUT2D eigenvalue weighted by atomic mass is 16.5. The van der Waals surface area contributed by atoms with Crippen LogP contribution in [-0.2, 0) is 14.3 Å². The highest BCUT2D eigenvalue weighted by Gasteiger charge is 2.24. The Kier molecular flexibility index (Phi) is 52.5. The van der Waals surface area contributed by atoms with Crippen LogP contribution in [0.15, 0.2) is 36.5 Å². The first-order chi connectivity index (χ1) is 32.5. The normalized spacial score (nSPS) is 13.3. The number of hydrogen-bond donors (Lipinski definition) is 3. The zero-order valence-electron chi connectivity index (χ0n) is 44.3. The maximum Gasteiger partial charge on any atom is 0.306 e. The minimum atomic E-state index is -0.790. The summed E-state index contributed by atoms with van der Waals surface area (Å²) in [4.78, 5) is 26.3. The van der Waals surface area contributed by atoms with Crippen LogP contribution in [0.3, 0.4) is 0 Å². The van der Waals surface area contributed by atoms with Crippen LogP contribution in [-0.4, -0.2) is 46.9 Å². The minimum Gasteiger partial charge on any atom is -0.462 e. The molecule has 0 saturated heterocycles. The second-order valence-corrected chi connectivity index (χ2v) is 20.1. The Morgan fingerprint density at radius 1 is 0.439 bits per heavy atom. The highest BCUT2D eigenvalue weighted by molar-refractivity contribution is 5.77. The number of nitrogens with one attached hydrogen (secondary N) is 1. The fourth-order valence-electron chi connectivity index (χ4n) is 9.03. The lowest BCUT2D eigenvalue weighted by molar-refractivity contribution is -0.151. The van der Waals surface area contributed by atoms with E-state index in [9.17, 15) is 19.8 Å². The van der Waals surface area contributed by atoms with Crippen LogP contribution in [0, 0.1) is 0 Å². The molecule has 388 valence electrons. The predicted octanol–water partition coefficient (Wildman–Crippen LogP) is 18.0.